The fraction of sp³-hybridized carbons (Fsp3) is 0.188. The molecule has 0 unspecified atom stereocenters. The van der Waals surface area contributed by atoms with Crippen LogP contribution in [0, 0.1) is 0 Å². The number of hydrogen-bond acceptors (Lipinski definition) is 3. The maximum absolute atomic E-state index is 12.3. The highest BCUT2D eigenvalue weighted by Crippen LogP contribution is 2.42. The first kappa shape index (κ1) is 11.8. The predicted molar refractivity (Wildman–Crippen MR) is 72.8 cm³/mol. The van der Waals surface area contributed by atoms with Crippen LogP contribution in [0.5, 0.6) is 11.5 Å². The Morgan fingerprint density at radius 3 is 2.74 bits per heavy atom. The van der Waals surface area contributed by atoms with Crippen molar-refractivity contribution in [3.05, 3.63) is 47.5 Å². The number of hydrogen-bond donors (Lipinski definition) is 1. The van der Waals surface area contributed by atoms with Crippen molar-refractivity contribution in [2.24, 2.45) is 0 Å². The first-order chi connectivity index (χ1) is 9.22. The van der Waals surface area contributed by atoms with Gasteiger partial charge in [0.05, 0.1) is 6.61 Å². The van der Waals surface area contributed by atoms with E-state index in [1.165, 1.54) is 0 Å². The number of phenolic OH excluding ortho intramolecular Hbond substituents is 1. The molecule has 0 bridgehead atoms. The topological polar surface area (TPSA) is 46.5 Å². The van der Waals surface area contributed by atoms with Gasteiger partial charge in [-0.1, -0.05) is 19.1 Å². The first-order valence-electron chi connectivity index (χ1n) is 6.36. The summed E-state index contributed by atoms with van der Waals surface area (Å²) in [4.78, 5) is 12.3. The summed E-state index contributed by atoms with van der Waals surface area (Å²) < 4.78 is 5.54. The van der Waals surface area contributed by atoms with Crippen molar-refractivity contribution in [3.63, 3.8) is 0 Å². The van der Waals surface area contributed by atoms with Gasteiger partial charge in [0.2, 0.25) is 0 Å². The van der Waals surface area contributed by atoms with Crippen molar-refractivity contribution in [1.82, 2.24) is 0 Å². The fourth-order valence-corrected chi connectivity index (χ4v) is 2.40. The van der Waals surface area contributed by atoms with Crippen LogP contribution in [0.2, 0.25) is 0 Å². The minimum atomic E-state index is -0.0529. The zero-order chi connectivity index (χ0) is 13.4. The van der Waals surface area contributed by atoms with Gasteiger partial charge in [-0.05, 0) is 36.2 Å². The summed E-state index contributed by atoms with van der Waals surface area (Å²) in [6.07, 6.45) is 0.923. The molecule has 2 aromatic carbocycles. The Hall–Kier alpha value is -2.29. The maximum atomic E-state index is 12.3. The molecule has 19 heavy (non-hydrogen) atoms. The number of benzene rings is 2. The van der Waals surface area contributed by atoms with Crippen LogP contribution < -0.4 is 4.74 Å². The SMILES string of the molecule is CCCOc1ccc2c(c1)C(=O)c1cccc(O)c1-2. The summed E-state index contributed by atoms with van der Waals surface area (Å²) in [5.74, 6) is 0.788. The van der Waals surface area contributed by atoms with E-state index >= 15 is 0 Å². The van der Waals surface area contributed by atoms with Crippen molar-refractivity contribution >= 4 is 5.78 Å². The summed E-state index contributed by atoms with van der Waals surface area (Å²) in [7, 11) is 0. The summed E-state index contributed by atoms with van der Waals surface area (Å²) >= 11 is 0. The van der Waals surface area contributed by atoms with Crippen LogP contribution in [0.4, 0.5) is 0 Å². The van der Waals surface area contributed by atoms with Gasteiger partial charge in [-0.2, -0.15) is 0 Å². The molecule has 0 fully saturated rings. The molecule has 0 amide bonds. The Labute approximate surface area is 111 Å². The number of aromatic hydroxyl groups is 1. The Kier molecular flexibility index (Phi) is 2.75. The van der Waals surface area contributed by atoms with E-state index in [-0.39, 0.29) is 11.5 Å². The second-order valence-corrected chi connectivity index (χ2v) is 4.58. The number of ketones is 1. The number of ether oxygens (including phenoxy) is 1. The molecule has 0 heterocycles. The molecule has 1 N–H and O–H groups in total. The third kappa shape index (κ3) is 1.78. The monoisotopic (exact) mass is 254 g/mol. The van der Waals surface area contributed by atoms with E-state index in [0.717, 1.165) is 12.0 Å². The number of phenols is 1. The summed E-state index contributed by atoms with van der Waals surface area (Å²) in [5, 5.41) is 9.92. The molecular weight excluding hydrogens is 240 g/mol. The molecule has 2 aromatic rings. The van der Waals surface area contributed by atoms with E-state index in [9.17, 15) is 9.90 Å². The van der Waals surface area contributed by atoms with Crippen LogP contribution in [-0.4, -0.2) is 17.5 Å². The Balaban J connectivity index is 2.10. The lowest BCUT2D eigenvalue weighted by Crippen LogP contribution is -1.98. The van der Waals surface area contributed by atoms with Crippen molar-refractivity contribution in [1.29, 1.82) is 0 Å². The molecule has 0 saturated carbocycles. The van der Waals surface area contributed by atoms with E-state index in [2.05, 4.69) is 0 Å². The maximum Gasteiger partial charge on any atom is 0.194 e. The van der Waals surface area contributed by atoms with Gasteiger partial charge in [0.25, 0.3) is 0 Å². The predicted octanol–water partition coefficient (Wildman–Crippen LogP) is 3.39. The molecule has 0 spiro atoms. The van der Waals surface area contributed by atoms with E-state index in [0.29, 0.717) is 29.0 Å². The first-order valence-corrected chi connectivity index (χ1v) is 6.36. The Bertz CT molecular complexity index is 659. The van der Waals surface area contributed by atoms with Gasteiger partial charge in [0.1, 0.15) is 11.5 Å². The second-order valence-electron chi connectivity index (χ2n) is 4.58. The van der Waals surface area contributed by atoms with Crippen molar-refractivity contribution in [3.8, 4) is 22.6 Å². The van der Waals surface area contributed by atoms with Crippen LogP contribution in [0.25, 0.3) is 11.1 Å². The Morgan fingerprint density at radius 1 is 1.11 bits per heavy atom. The Morgan fingerprint density at radius 2 is 1.95 bits per heavy atom. The van der Waals surface area contributed by atoms with E-state index in [1.54, 1.807) is 24.3 Å². The third-order valence-electron chi connectivity index (χ3n) is 3.26. The average molecular weight is 254 g/mol. The lowest BCUT2D eigenvalue weighted by molar-refractivity contribution is 0.104. The highest BCUT2D eigenvalue weighted by molar-refractivity contribution is 6.22. The van der Waals surface area contributed by atoms with Crippen LogP contribution in [0.3, 0.4) is 0 Å². The molecule has 1 aliphatic rings. The summed E-state index contributed by atoms with van der Waals surface area (Å²) in [6.45, 7) is 2.66. The molecule has 0 radical (unpaired) electrons. The molecule has 0 aromatic heterocycles. The van der Waals surface area contributed by atoms with E-state index in [1.807, 2.05) is 19.1 Å². The summed E-state index contributed by atoms with van der Waals surface area (Å²) in [5.41, 5.74) is 2.57. The fourth-order valence-electron chi connectivity index (χ4n) is 2.40. The highest BCUT2D eigenvalue weighted by atomic mass is 16.5. The smallest absolute Gasteiger partial charge is 0.194 e. The van der Waals surface area contributed by atoms with Gasteiger partial charge in [-0.3, -0.25) is 4.79 Å². The van der Waals surface area contributed by atoms with Crippen LogP contribution in [0.1, 0.15) is 29.3 Å². The van der Waals surface area contributed by atoms with Crippen LogP contribution >= 0.6 is 0 Å². The van der Waals surface area contributed by atoms with Gasteiger partial charge in [0, 0.05) is 16.7 Å². The van der Waals surface area contributed by atoms with Gasteiger partial charge in [-0.15, -0.1) is 0 Å². The van der Waals surface area contributed by atoms with Crippen LogP contribution in [0.15, 0.2) is 36.4 Å². The second kappa shape index (κ2) is 4.43. The largest absolute Gasteiger partial charge is 0.507 e. The molecule has 1 aliphatic carbocycles. The quantitative estimate of drug-likeness (QED) is 0.779. The zero-order valence-corrected chi connectivity index (χ0v) is 10.6. The van der Waals surface area contributed by atoms with Crippen molar-refractivity contribution in [2.45, 2.75) is 13.3 Å². The lowest BCUT2D eigenvalue weighted by Gasteiger charge is -2.06. The normalized spacial score (nSPS) is 12.2. The highest BCUT2D eigenvalue weighted by Gasteiger charge is 2.29. The van der Waals surface area contributed by atoms with E-state index in [4.69, 9.17) is 4.74 Å². The molecule has 0 saturated heterocycles. The average Bonchev–Trinajstić information content (AvgIpc) is 2.71. The number of fused-ring (bicyclic) bond motifs is 3. The van der Waals surface area contributed by atoms with Gasteiger partial charge >= 0.3 is 0 Å². The van der Waals surface area contributed by atoms with E-state index < -0.39 is 0 Å². The number of rotatable bonds is 3. The number of carbonyl (C=O) groups excluding carboxylic acids is 1. The third-order valence-corrected chi connectivity index (χ3v) is 3.26. The van der Waals surface area contributed by atoms with Gasteiger partial charge < -0.3 is 9.84 Å². The molecule has 0 atom stereocenters. The molecular formula is C16H14O3. The standard InChI is InChI=1S/C16H14O3/c1-2-8-19-10-6-7-11-13(9-10)16(18)12-4-3-5-14(17)15(11)12/h3-7,9,17H,2,8H2,1H3. The van der Waals surface area contributed by atoms with Crippen molar-refractivity contribution < 1.29 is 14.6 Å². The molecule has 0 aliphatic heterocycles. The minimum absolute atomic E-state index is 0.0529. The van der Waals surface area contributed by atoms with Crippen LogP contribution in [-0.2, 0) is 0 Å². The molecule has 3 rings (SSSR count). The van der Waals surface area contributed by atoms with Gasteiger partial charge in [0.15, 0.2) is 5.78 Å². The van der Waals surface area contributed by atoms with Crippen molar-refractivity contribution in [2.75, 3.05) is 6.61 Å². The number of carbonyl (C=O) groups is 1. The van der Waals surface area contributed by atoms with Gasteiger partial charge in [-0.25, -0.2) is 0 Å². The molecule has 3 heteroatoms. The zero-order valence-electron chi connectivity index (χ0n) is 10.6. The minimum Gasteiger partial charge on any atom is -0.507 e. The lowest BCUT2D eigenvalue weighted by atomic mass is 10.0. The molecule has 96 valence electrons. The summed E-state index contributed by atoms with van der Waals surface area (Å²) in [6, 6.07) is 10.5. The molecule has 3 nitrogen and oxygen atoms in total.